The lowest BCUT2D eigenvalue weighted by Crippen LogP contribution is -2.36. The SMILES string of the molecule is CCCCCCCCCCCCCCCCC(=O)OCC(COC(=O)NCCOCCOCCNC(=O)OC(C)(C)CCO)OC(=O)CCCCCCCCCCCCCCCC. The largest absolute Gasteiger partial charge is 0.462 e. The summed E-state index contributed by atoms with van der Waals surface area (Å²) in [6.45, 7) is 8.99. The molecule has 0 spiro atoms. The van der Waals surface area contributed by atoms with Crippen LogP contribution in [-0.2, 0) is 38.0 Å². The molecule has 0 rings (SSSR count). The maximum Gasteiger partial charge on any atom is 0.407 e. The average molecular weight is 901 g/mol. The van der Waals surface area contributed by atoms with Gasteiger partial charge in [0.1, 0.15) is 18.8 Å². The minimum atomic E-state index is -0.896. The number of hydrogen-bond donors (Lipinski definition) is 3. The number of aliphatic hydroxyl groups is 1. The van der Waals surface area contributed by atoms with Crippen molar-refractivity contribution in [3.63, 3.8) is 0 Å². The zero-order chi connectivity index (χ0) is 46.3. The molecule has 0 aliphatic carbocycles. The van der Waals surface area contributed by atoms with E-state index in [0.717, 1.165) is 38.5 Å². The molecule has 0 aliphatic rings. The number of alkyl carbamates (subject to hydrolysis) is 2. The zero-order valence-electron chi connectivity index (χ0n) is 40.9. The number of hydrogen-bond acceptors (Lipinski definition) is 11. The van der Waals surface area contributed by atoms with Gasteiger partial charge in [-0.05, 0) is 26.7 Å². The number of unbranched alkanes of at least 4 members (excludes halogenated alkanes) is 26. The van der Waals surface area contributed by atoms with Crippen LogP contribution in [0.3, 0.4) is 0 Å². The molecule has 13 heteroatoms. The normalized spacial score (nSPS) is 11.9. The van der Waals surface area contributed by atoms with Crippen LogP contribution in [0.2, 0.25) is 0 Å². The molecule has 372 valence electrons. The van der Waals surface area contributed by atoms with E-state index in [9.17, 15) is 19.2 Å². The summed E-state index contributed by atoms with van der Waals surface area (Å²) in [6, 6.07) is 0. The Bertz CT molecular complexity index is 1060. The van der Waals surface area contributed by atoms with Crippen LogP contribution in [-0.4, -0.2) is 100 Å². The second kappa shape index (κ2) is 45.9. The zero-order valence-corrected chi connectivity index (χ0v) is 40.9. The Morgan fingerprint density at radius 2 is 0.841 bits per heavy atom. The van der Waals surface area contributed by atoms with Gasteiger partial charge in [0.2, 0.25) is 0 Å². The molecule has 0 fully saturated rings. The van der Waals surface area contributed by atoms with Gasteiger partial charge in [-0.15, -0.1) is 0 Å². The molecule has 2 amide bonds. The topological polar surface area (TPSA) is 168 Å². The van der Waals surface area contributed by atoms with Gasteiger partial charge in [-0.3, -0.25) is 9.59 Å². The molecular weight excluding hydrogens is 805 g/mol. The fourth-order valence-electron chi connectivity index (χ4n) is 7.15. The number of esters is 2. The summed E-state index contributed by atoms with van der Waals surface area (Å²) in [6.07, 6.45) is 33.3. The quantitative estimate of drug-likeness (QED) is 0.0302. The summed E-state index contributed by atoms with van der Waals surface area (Å²) in [5, 5.41) is 14.2. The van der Waals surface area contributed by atoms with Gasteiger partial charge in [0, 0.05) is 39.0 Å². The van der Waals surface area contributed by atoms with Gasteiger partial charge in [0.05, 0.1) is 26.4 Å². The van der Waals surface area contributed by atoms with Crippen molar-refractivity contribution in [2.45, 2.75) is 238 Å². The predicted molar refractivity (Wildman–Crippen MR) is 252 cm³/mol. The third kappa shape index (κ3) is 45.7. The van der Waals surface area contributed by atoms with E-state index in [0.29, 0.717) is 19.4 Å². The van der Waals surface area contributed by atoms with E-state index in [2.05, 4.69) is 24.5 Å². The highest BCUT2D eigenvalue weighted by atomic mass is 16.6. The summed E-state index contributed by atoms with van der Waals surface area (Å²) < 4.78 is 32.6. The van der Waals surface area contributed by atoms with Crippen LogP contribution >= 0.6 is 0 Å². The smallest absolute Gasteiger partial charge is 0.407 e. The number of rotatable bonds is 47. The van der Waals surface area contributed by atoms with Gasteiger partial charge in [-0.2, -0.15) is 0 Å². The van der Waals surface area contributed by atoms with Crippen LogP contribution in [0.15, 0.2) is 0 Å². The summed E-state index contributed by atoms with van der Waals surface area (Å²) >= 11 is 0. The van der Waals surface area contributed by atoms with Gasteiger partial charge in [0.15, 0.2) is 6.10 Å². The van der Waals surface area contributed by atoms with Crippen molar-refractivity contribution < 1.29 is 52.7 Å². The van der Waals surface area contributed by atoms with Crippen LogP contribution < -0.4 is 10.6 Å². The molecule has 0 aromatic heterocycles. The average Bonchev–Trinajstić information content (AvgIpc) is 3.25. The second-order valence-electron chi connectivity index (χ2n) is 17.8. The molecule has 0 aromatic rings. The van der Waals surface area contributed by atoms with Crippen molar-refractivity contribution in [1.82, 2.24) is 10.6 Å². The van der Waals surface area contributed by atoms with Crippen molar-refractivity contribution in [2.75, 3.05) is 59.3 Å². The highest BCUT2D eigenvalue weighted by Crippen LogP contribution is 2.16. The second-order valence-corrected chi connectivity index (χ2v) is 17.8. The number of nitrogens with one attached hydrogen (secondary N) is 2. The monoisotopic (exact) mass is 901 g/mol. The number of carbonyl (C=O) groups excluding carboxylic acids is 4. The first-order valence-electron chi connectivity index (χ1n) is 25.6. The Kier molecular flexibility index (Phi) is 44.0. The molecule has 0 radical (unpaired) electrons. The highest BCUT2D eigenvalue weighted by molar-refractivity contribution is 5.70. The molecule has 3 N–H and O–H groups in total. The minimum Gasteiger partial charge on any atom is -0.462 e. The van der Waals surface area contributed by atoms with E-state index < -0.39 is 23.9 Å². The number of aliphatic hydroxyl groups excluding tert-OH is 1. The maximum absolute atomic E-state index is 12.8. The first-order chi connectivity index (χ1) is 30.6. The van der Waals surface area contributed by atoms with Gasteiger partial charge in [-0.25, -0.2) is 9.59 Å². The molecule has 63 heavy (non-hydrogen) atoms. The predicted octanol–water partition coefficient (Wildman–Crippen LogP) is 11.8. The van der Waals surface area contributed by atoms with E-state index in [4.69, 9.17) is 33.5 Å². The summed E-state index contributed by atoms with van der Waals surface area (Å²) in [5.41, 5.74) is -0.756. The van der Waals surface area contributed by atoms with E-state index in [1.54, 1.807) is 13.8 Å². The van der Waals surface area contributed by atoms with E-state index in [1.807, 2.05) is 0 Å². The Morgan fingerprint density at radius 3 is 1.25 bits per heavy atom. The molecule has 1 unspecified atom stereocenters. The van der Waals surface area contributed by atoms with Crippen LogP contribution in [0, 0.1) is 0 Å². The van der Waals surface area contributed by atoms with Crippen molar-refractivity contribution in [2.24, 2.45) is 0 Å². The van der Waals surface area contributed by atoms with Crippen LogP contribution in [0.4, 0.5) is 9.59 Å². The van der Waals surface area contributed by atoms with Gasteiger partial charge in [-0.1, -0.05) is 181 Å². The van der Waals surface area contributed by atoms with E-state index >= 15 is 0 Å². The van der Waals surface area contributed by atoms with Gasteiger partial charge >= 0.3 is 24.1 Å². The Balaban J connectivity index is 4.38. The Hall–Kier alpha value is -2.64. The molecule has 0 saturated heterocycles. The van der Waals surface area contributed by atoms with Crippen molar-refractivity contribution in [3.05, 3.63) is 0 Å². The third-order valence-electron chi connectivity index (χ3n) is 11.1. The van der Waals surface area contributed by atoms with E-state index in [-0.39, 0.29) is 71.1 Å². The molecule has 0 aliphatic heterocycles. The van der Waals surface area contributed by atoms with Crippen LogP contribution in [0.25, 0.3) is 0 Å². The lowest BCUT2D eigenvalue weighted by Gasteiger charge is -2.24. The van der Waals surface area contributed by atoms with Gasteiger partial charge in [0.25, 0.3) is 0 Å². The molecular formula is C50H96N2O11. The standard InChI is InChI=1S/C50H96N2O11/c1-5-7-9-11-13-15-17-19-21-23-25-27-29-31-33-46(54)60-43-45(62-47(55)34-32-30-28-26-24-22-20-18-16-14-12-10-8-6-2)44-61-48(56)51-36-39-58-41-42-59-40-37-52-49(57)63-50(3,4)35-38-53/h45,53H,5-44H2,1-4H3,(H,51,56)(H,52,57). The lowest BCUT2D eigenvalue weighted by molar-refractivity contribution is -0.161. The molecule has 0 heterocycles. The Morgan fingerprint density at radius 1 is 0.476 bits per heavy atom. The molecule has 1 atom stereocenters. The van der Waals surface area contributed by atoms with Gasteiger partial charge < -0.3 is 44.2 Å². The molecule has 0 bridgehead atoms. The Labute approximate surface area is 384 Å². The number of ether oxygens (including phenoxy) is 6. The number of amides is 2. The van der Waals surface area contributed by atoms with Crippen molar-refractivity contribution in [1.29, 1.82) is 0 Å². The lowest BCUT2D eigenvalue weighted by atomic mass is 10.0. The fourth-order valence-corrected chi connectivity index (χ4v) is 7.15. The minimum absolute atomic E-state index is 0.0738. The van der Waals surface area contributed by atoms with Crippen molar-refractivity contribution in [3.8, 4) is 0 Å². The highest BCUT2D eigenvalue weighted by Gasteiger charge is 2.22. The van der Waals surface area contributed by atoms with E-state index in [1.165, 1.54) is 141 Å². The molecule has 13 nitrogen and oxygen atoms in total. The van der Waals surface area contributed by atoms with Crippen LogP contribution in [0.5, 0.6) is 0 Å². The maximum atomic E-state index is 12.8. The van der Waals surface area contributed by atoms with Crippen molar-refractivity contribution >= 4 is 24.1 Å². The summed E-state index contributed by atoms with van der Waals surface area (Å²) in [5.74, 6) is -0.733. The third-order valence-corrected chi connectivity index (χ3v) is 11.1. The fraction of sp³-hybridized carbons (Fsp3) is 0.920. The first-order valence-corrected chi connectivity index (χ1v) is 25.6. The molecule has 0 aromatic carbocycles. The van der Waals surface area contributed by atoms with Crippen LogP contribution in [0.1, 0.15) is 227 Å². The summed E-state index contributed by atoms with van der Waals surface area (Å²) in [7, 11) is 0. The number of carbonyl (C=O) groups is 4. The first kappa shape index (κ1) is 60.4. The molecule has 0 saturated carbocycles. The summed E-state index contributed by atoms with van der Waals surface area (Å²) in [4.78, 5) is 49.6.